The number of benzene rings is 1. The Hall–Kier alpha value is -2.07. The summed E-state index contributed by atoms with van der Waals surface area (Å²) in [4.78, 5) is 10.1. The summed E-state index contributed by atoms with van der Waals surface area (Å²) in [5.41, 5.74) is 0.794. The molecule has 7 nitrogen and oxygen atoms in total. The number of halogens is 1. The van der Waals surface area contributed by atoms with Gasteiger partial charge in [-0.25, -0.2) is 9.37 Å². The number of aliphatic hydroxyl groups excluding tert-OH is 1. The zero-order valence-corrected chi connectivity index (χ0v) is 15.9. The van der Waals surface area contributed by atoms with Crippen LogP contribution in [0.15, 0.2) is 24.3 Å². The molecule has 4 rings (SSSR count). The molecule has 0 radical (unpaired) electrons. The monoisotopic (exact) mass is 391 g/mol. The molecule has 1 fully saturated rings. The van der Waals surface area contributed by atoms with Crippen molar-refractivity contribution in [2.24, 2.45) is 0 Å². The van der Waals surface area contributed by atoms with Crippen LogP contribution in [0.2, 0.25) is 0 Å². The number of hydrogen-bond acceptors (Lipinski definition) is 7. The molecule has 144 valence electrons. The van der Waals surface area contributed by atoms with Crippen molar-refractivity contribution in [2.45, 2.75) is 13.0 Å². The number of aromatic nitrogens is 3. The first-order valence-electron chi connectivity index (χ1n) is 8.94. The van der Waals surface area contributed by atoms with Gasteiger partial charge in [-0.2, -0.15) is 4.52 Å². The molecular formula is C18H22FN5O2S. The van der Waals surface area contributed by atoms with Crippen LogP contribution in [0, 0.1) is 12.7 Å². The van der Waals surface area contributed by atoms with Crippen LogP contribution in [0.3, 0.4) is 0 Å². The maximum atomic E-state index is 13.9. The molecule has 1 atom stereocenters. The zero-order valence-electron chi connectivity index (χ0n) is 15.0. The summed E-state index contributed by atoms with van der Waals surface area (Å²) in [6, 6.07) is 6.24. The maximum absolute atomic E-state index is 13.9. The maximum Gasteiger partial charge on any atom is 0.230 e. The van der Waals surface area contributed by atoms with Gasteiger partial charge in [-0.15, -0.1) is 5.10 Å². The van der Waals surface area contributed by atoms with E-state index in [1.54, 1.807) is 13.0 Å². The third-order valence-electron chi connectivity index (χ3n) is 4.91. The predicted octanol–water partition coefficient (Wildman–Crippen LogP) is 1.64. The van der Waals surface area contributed by atoms with E-state index in [1.807, 2.05) is 6.07 Å². The van der Waals surface area contributed by atoms with E-state index in [-0.39, 0.29) is 24.3 Å². The molecule has 1 aromatic carbocycles. The van der Waals surface area contributed by atoms with Crippen molar-refractivity contribution < 1.29 is 14.6 Å². The summed E-state index contributed by atoms with van der Waals surface area (Å²) in [5.74, 6) is 0.358. The Bertz CT molecular complexity index is 935. The highest BCUT2D eigenvalue weighted by Gasteiger charge is 2.31. The quantitative estimate of drug-likeness (QED) is 0.689. The highest BCUT2D eigenvalue weighted by Crippen LogP contribution is 2.40. The minimum absolute atomic E-state index is 0.0580. The molecule has 2 aromatic heterocycles. The molecule has 0 unspecified atom stereocenters. The first kappa shape index (κ1) is 18.3. The summed E-state index contributed by atoms with van der Waals surface area (Å²) >= 11 is 1.38. The highest BCUT2D eigenvalue weighted by molar-refractivity contribution is 7.17. The van der Waals surface area contributed by atoms with Crippen LogP contribution >= 0.6 is 11.3 Å². The van der Waals surface area contributed by atoms with E-state index in [2.05, 4.69) is 19.9 Å². The molecule has 1 aliphatic heterocycles. The average Bonchev–Trinajstić information content (AvgIpc) is 3.15. The molecule has 0 saturated carbocycles. The largest absolute Gasteiger partial charge is 0.492 e. The third kappa shape index (κ3) is 3.55. The fourth-order valence-electron chi connectivity index (χ4n) is 3.62. The van der Waals surface area contributed by atoms with E-state index >= 15 is 0 Å². The van der Waals surface area contributed by atoms with E-state index in [0.29, 0.717) is 22.2 Å². The van der Waals surface area contributed by atoms with Gasteiger partial charge in [-0.3, -0.25) is 9.80 Å². The molecular weight excluding hydrogens is 369 g/mol. The van der Waals surface area contributed by atoms with Crippen LogP contribution in [0.4, 0.5) is 4.39 Å². The van der Waals surface area contributed by atoms with Crippen molar-refractivity contribution in [1.82, 2.24) is 24.4 Å². The van der Waals surface area contributed by atoms with Gasteiger partial charge >= 0.3 is 0 Å². The summed E-state index contributed by atoms with van der Waals surface area (Å²) in [5, 5.41) is 24.2. The van der Waals surface area contributed by atoms with Crippen LogP contribution in [-0.2, 0) is 0 Å². The lowest BCUT2D eigenvalue weighted by Crippen LogP contribution is -2.48. The molecule has 0 aliphatic carbocycles. The van der Waals surface area contributed by atoms with Gasteiger partial charge in [0.2, 0.25) is 10.8 Å². The first-order chi connectivity index (χ1) is 13.1. The lowest BCUT2D eigenvalue weighted by atomic mass is 10.0. The Morgan fingerprint density at radius 3 is 2.70 bits per heavy atom. The number of piperazine rings is 1. The van der Waals surface area contributed by atoms with Crippen molar-refractivity contribution in [3.63, 3.8) is 0 Å². The number of β-amino-alcohol motifs (C(OH)–C–C–N with tert-alkyl or cyclic N) is 1. The molecule has 9 heteroatoms. The lowest BCUT2D eigenvalue weighted by molar-refractivity contribution is 0.0944. The SMILES string of the molecule is Cc1nc2sc([C@H](c3cccc(F)c3)N3CCN(CCO)CC3)c(O)n2n1. The van der Waals surface area contributed by atoms with Crippen molar-refractivity contribution in [2.75, 3.05) is 39.3 Å². The van der Waals surface area contributed by atoms with E-state index in [4.69, 9.17) is 5.11 Å². The van der Waals surface area contributed by atoms with Crippen LogP contribution < -0.4 is 0 Å². The molecule has 3 aromatic rings. The topological polar surface area (TPSA) is 77.1 Å². The van der Waals surface area contributed by atoms with Crippen molar-refractivity contribution in [1.29, 1.82) is 0 Å². The summed E-state index contributed by atoms with van der Waals surface area (Å²) in [6.45, 7) is 5.71. The van der Waals surface area contributed by atoms with E-state index < -0.39 is 0 Å². The Morgan fingerprint density at radius 2 is 2.04 bits per heavy atom. The van der Waals surface area contributed by atoms with Gasteiger partial charge in [0.05, 0.1) is 17.5 Å². The fourth-order valence-corrected chi connectivity index (χ4v) is 4.78. The van der Waals surface area contributed by atoms with E-state index in [1.165, 1.54) is 28.0 Å². The van der Waals surface area contributed by atoms with Crippen LogP contribution in [0.5, 0.6) is 5.88 Å². The second-order valence-electron chi connectivity index (χ2n) is 6.70. The molecule has 1 saturated heterocycles. The van der Waals surface area contributed by atoms with Crippen LogP contribution in [-0.4, -0.2) is 73.9 Å². The Balaban J connectivity index is 1.72. The Labute approximate surface area is 160 Å². The molecule has 1 aliphatic rings. The van der Waals surface area contributed by atoms with Crippen LogP contribution in [0.25, 0.3) is 4.96 Å². The lowest BCUT2D eigenvalue weighted by Gasteiger charge is -2.39. The second kappa shape index (κ2) is 7.51. The first-order valence-corrected chi connectivity index (χ1v) is 9.76. The molecule has 2 N–H and O–H groups in total. The van der Waals surface area contributed by atoms with Crippen LogP contribution in [0.1, 0.15) is 22.3 Å². The Morgan fingerprint density at radius 1 is 1.26 bits per heavy atom. The standard InChI is InChI=1S/C18H22FN5O2S/c1-12-20-18-24(21-12)17(26)16(27-18)15(13-3-2-4-14(19)11-13)23-7-5-22(6-8-23)9-10-25/h2-4,11,15,25-26H,5-10H2,1H3/t15-/m0/s1. The third-order valence-corrected chi connectivity index (χ3v) is 5.98. The smallest absolute Gasteiger partial charge is 0.230 e. The number of hydrogen-bond donors (Lipinski definition) is 2. The number of thiazole rings is 1. The summed E-state index contributed by atoms with van der Waals surface area (Å²) in [7, 11) is 0. The number of aliphatic hydroxyl groups is 1. The number of rotatable bonds is 5. The highest BCUT2D eigenvalue weighted by atomic mass is 32.1. The van der Waals surface area contributed by atoms with Gasteiger partial charge in [0.1, 0.15) is 11.6 Å². The fraction of sp³-hybridized carbons (Fsp3) is 0.444. The van der Waals surface area contributed by atoms with Crippen molar-refractivity contribution >= 4 is 16.3 Å². The molecule has 0 bridgehead atoms. The van der Waals surface area contributed by atoms with Gasteiger partial charge in [0.15, 0.2) is 0 Å². The van der Waals surface area contributed by atoms with Gasteiger partial charge in [0, 0.05) is 32.7 Å². The number of fused-ring (bicyclic) bond motifs is 1. The normalized spacial score (nSPS) is 17.6. The predicted molar refractivity (Wildman–Crippen MR) is 101 cm³/mol. The second-order valence-corrected chi connectivity index (χ2v) is 7.71. The number of nitrogens with zero attached hydrogens (tertiary/aromatic N) is 5. The number of aryl methyl sites for hydroxylation is 1. The minimum Gasteiger partial charge on any atom is -0.492 e. The molecule has 3 heterocycles. The van der Waals surface area contributed by atoms with Gasteiger partial charge in [-0.1, -0.05) is 23.5 Å². The van der Waals surface area contributed by atoms with E-state index in [9.17, 15) is 9.50 Å². The van der Waals surface area contributed by atoms with E-state index in [0.717, 1.165) is 31.7 Å². The van der Waals surface area contributed by atoms with Gasteiger partial charge < -0.3 is 10.2 Å². The average molecular weight is 391 g/mol. The summed E-state index contributed by atoms with van der Waals surface area (Å²) < 4.78 is 15.4. The van der Waals surface area contributed by atoms with Gasteiger partial charge in [0.25, 0.3) is 0 Å². The summed E-state index contributed by atoms with van der Waals surface area (Å²) in [6.07, 6.45) is 0. The minimum atomic E-state index is -0.300. The van der Waals surface area contributed by atoms with Crippen molar-refractivity contribution in [3.05, 3.63) is 46.3 Å². The molecule has 0 spiro atoms. The van der Waals surface area contributed by atoms with Crippen molar-refractivity contribution in [3.8, 4) is 5.88 Å². The molecule has 27 heavy (non-hydrogen) atoms. The molecule has 0 amide bonds. The van der Waals surface area contributed by atoms with Gasteiger partial charge in [-0.05, 0) is 24.6 Å². The number of aromatic hydroxyl groups is 1. The Kier molecular flexibility index (Phi) is 5.09. The zero-order chi connectivity index (χ0) is 19.0.